The van der Waals surface area contributed by atoms with E-state index in [4.69, 9.17) is 10.5 Å². The lowest BCUT2D eigenvalue weighted by atomic mass is 10.1. The van der Waals surface area contributed by atoms with Gasteiger partial charge in [0.05, 0.1) is 31.0 Å². The Morgan fingerprint density at radius 1 is 1.24 bits per heavy atom. The SMILES string of the molecule is C[C@H]1CN(c2cc(-c3cnc(N)c(OC(F)F)c3)nc(N3CCCC(F)(F)C3)n2)[C@@H](C)CO1. The molecule has 0 unspecified atom stereocenters. The highest BCUT2D eigenvalue weighted by Crippen LogP contribution is 2.34. The molecule has 33 heavy (non-hydrogen) atoms. The average molecular weight is 470 g/mol. The van der Waals surface area contributed by atoms with Crippen LogP contribution in [0, 0.1) is 0 Å². The lowest BCUT2D eigenvalue weighted by Crippen LogP contribution is -2.48. The summed E-state index contributed by atoms with van der Waals surface area (Å²) in [4.78, 5) is 16.5. The van der Waals surface area contributed by atoms with Crippen LogP contribution in [0.25, 0.3) is 11.3 Å². The van der Waals surface area contributed by atoms with E-state index < -0.39 is 19.1 Å². The Bertz CT molecular complexity index is 995. The van der Waals surface area contributed by atoms with Crippen LogP contribution in [0.5, 0.6) is 5.75 Å². The van der Waals surface area contributed by atoms with Gasteiger partial charge in [0.2, 0.25) is 5.95 Å². The molecule has 0 spiro atoms. The fourth-order valence-corrected chi connectivity index (χ4v) is 4.00. The maximum absolute atomic E-state index is 14.1. The van der Waals surface area contributed by atoms with Crippen LogP contribution in [0.3, 0.4) is 0 Å². The Morgan fingerprint density at radius 2 is 2.03 bits per heavy atom. The van der Waals surface area contributed by atoms with Crippen LogP contribution in [0.1, 0.15) is 26.7 Å². The molecule has 2 aromatic rings. The number of halogens is 4. The Balaban J connectivity index is 1.78. The predicted molar refractivity (Wildman–Crippen MR) is 115 cm³/mol. The van der Waals surface area contributed by atoms with Crippen LogP contribution in [0.2, 0.25) is 0 Å². The van der Waals surface area contributed by atoms with Crippen molar-refractivity contribution < 1.29 is 27.0 Å². The van der Waals surface area contributed by atoms with E-state index in [1.165, 1.54) is 17.2 Å². The number of piperidine rings is 1. The van der Waals surface area contributed by atoms with Crippen molar-refractivity contribution in [2.75, 3.05) is 41.8 Å². The van der Waals surface area contributed by atoms with E-state index in [0.29, 0.717) is 43.2 Å². The van der Waals surface area contributed by atoms with Gasteiger partial charge in [-0.15, -0.1) is 0 Å². The minimum atomic E-state index is -3.08. The number of nitrogens with zero attached hydrogens (tertiary/aromatic N) is 5. The van der Waals surface area contributed by atoms with Crippen LogP contribution in [0.15, 0.2) is 18.3 Å². The Morgan fingerprint density at radius 3 is 2.76 bits per heavy atom. The molecule has 4 rings (SSSR count). The highest BCUT2D eigenvalue weighted by atomic mass is 19.3. The lowest BCUT2D eigenvalue weighted by Gasteiger charge is -2.38. The third-order valence-corrected chi connectivity index (χ3v) is 5.67. The number of morpholine rings is 1. The van der Waals surface area contributed by atoms with Crippen molar-refractivity contribution in [3.05, 3.63) is 18.3 Å². The normalized spacial score (nSPS) is 23.1. The minimum Gasteiger partial charge on any atom is -0.431 e. The largest absolute Gasteiger partial charge is 0.431 e. The summed E-state index contributed by atoms with van der Waals surface area (Å²) in [7, 11) is 0. The number of nitrogens with two attached hydrogens (primary N) is 1. The fraction of sp³-hybridized carbons (Fsp3) is 0.571. The molecule has 180 valence electrons. The van der Waals surface area contributed by atoms with Crippen molar-refractivity contribution in [3.8, 4) is 17.0 Å². The molecule has 0 amide bonds. The zero-order valence-electron chi connectivity index (χ0n) is 18.3. The molecule has 2 N–H and O–H groups in total. The second-order valence-corrected chi connectivity index (χ2v) is 8.42. The number of hydrogen-bond acceptors (Lipinski definition) is 8. The third-order valence-electron chi connectivity index (χ3n) is 5.67. The van der Waals surface area contributed by atoms with Crippen molar-refractivity contribution in [3.63, 3.8) is 0 Å². The minimum absolute atomic E-state index is 0.0122. The second kappa shape index (κ2) is 9.16. The van der Waals surface area contributed by atoms with Crippen LogP contribution < -0.4 is 20.3 Å². The van der Waals surface area contributed by atoms with Gasteiger partial charge >= 0.3 is 6.61 Å². The highest BCUT2D eigenvalue weighted by molar-refractivity contribution is 5.68. The van der Waals surface area contributed by atoms with Gasteiger partial charge in [0.1, 0.15) is 5.82 Å². The molecule has 2 atom stereocenters. The lowest BCUT2D eigenvalue weighted by molar-refractivity contribution is -0.0494. The van der Waals surface area contributed by atoms with Crippen LogP contribution in [-0.2, 0) is 4.74 Å². The summed E-state index contributed by atoms with van der Waals surface area (Å²) in [6.07, 6.45) is 1.44. The number of aromatic nitrogens is 3. The quantitative estimate of drug-likeness (QED) is 0.664. The number of alkyl halides is 4. The van der Waals surface area contributed by atoms with Crippen molar-refractivity contribution >= 4 is 17.6 Å². The predicted octanol–water partition coefficient (Wildman–Crippen LogP) is 3.57. The molecule has 0 aliphatic carbocycles. The van der Waals surface area contributed by atoms with E-state index in [1.807, 2.05) is 18.7 Å². The molecule has 0 aromatic carbocycles. The van der Waals surface area contributed by atoms with E-state index in [9.17, 15) is 17.6 Å². The van der Waals surface area contributed by atoms with Gasteiger partial charge in [-0.2, -0.15) is 13.8 Å². The molecular weight excluding hydrogens is 444 g/mol. The second-order valence-electron chi connectivity index (χ2n) is 8.42. The summed E-state index contributed by atoms with van der Waals surface area (Å²) < 4.78 is 63.9. The summed E-state index contributed by atoms with van der Waals surface area (Å²) in [5.74, 6) is -2.66. The molecule has 0 saturated carbocycles. The highest BCUT2D eigenvalue weighted by Gasteiger charge is 2.37. The van der Waals surface area contributed by atoms with Gasteiger partial charge in [-0.25, -0.2) is 18.7 Å². The number of nitrogen functional groups attached to an aromatic ring is 1. The Kier molecular flexibility index (Phi) is 6.46. The van der Waals surface area contributed by atoms with Crippen LogP contribution in [-0.4, -0.2) is 65.9 Å². The monoisotopic (exact) mass is 470 g/mol. The summed E-state index contributed by atoms with van der Waals surface area (Å²) in [6, 6.07) is 2.97. The maximum atomic E-state index is 14.1. The van der Waals surface area contributed by atoms with Gasteiger partial charge in [0.15, 0.2) is 11.6 Å². The smallest absolute Gasteiger partial charge is 0.387 e. The molecule has 2 aliphatic heterocycles. The first-order valence-corrected chi connectivity index (χ1v) is 10.7. The fourth-order valence-electron chi connectivity index (χ4n) is 4.00. The van der Waals surface area contributed by atoms with E-state index in [2.05, 4.69) is 19.7 Å². The molecule has 8 nitrogen and oxygen atoms in total. The molecule has 2 aliphatic rings. The number of anilines is 3. The van der Waals surface area contributed by atoms with E-state index >= 15 is 0 Å². The van der Waals surface area contributed by atoms with Gasteiger partial charge in [-0.3, -0.25) is 0 Å². The molecule has 2 fully saturated rings. The summed E-state index contributed by atoms with van der Waals surface area (Å²) in [6.45, 7) is 1.75. The molecule has 12 heteroatoms. The molecule has 2 aromatic heterocycles. The van der Waals surface area contributed by atoms with Crippen molar-refractivity contribution in [2.24, 2.45) is 0 Å². The van der Waals surface area contributed by atoms with Gasteiger partial charge in [-0.05, 0) is 26.3 Å². The van der Waals surface area contributed by atoms with E-state index in [-0.39, 0.29) is 36.1 Å². The topological polar surface area (TPSA) is 89.6 Å². The number of pyridine rings is 1. The standard InChI is InChI=1S/C21H26F4N6O2/c1-12-10-32-13(2)9-31(12)17-7-15(14-6-16(33-19(22)23)18(26)27-8-14)28-20(29-17)30-5-3-4-21(24,25)11-30/h6-8,12-13,19H,3-5,9-11H2,1-2H3,(H2,26,27)/t12-,13-/m0/s1. The average Bonchev–Trinajstić information content (AvgIpc) is 2.75. The summed E-state index contributed by atoms with van der Waals surface area (Å²) in [5, 5.41) is 0. The third kappa shape index (κ3) is 5.37. The summed E-state index contributed by atoms with van der Waals surface area (Å²) in [5.41, 5.74) is 6.34. The molecule has 0 bridgehead atoms. The van der Waals surface area contributed by atoms with Gasteiger partial charge in [0, 0.05) is 37.3 Å². The van der Waals surface area contributed by atoms with Gasteiger partial charge in [-0.1, -0.05) is 0 Å². The zero-order valence-corrected chi connectivity index (χ0v) is 18.3. The van der Waals surface area contributed by atoms with Crippen LogP contribution >= 0.6 is 0 Å². The number of rotatable bonds is 5. The molecule has 0 radical (unpaired) electrons. The maximum Gasteiger partial charge on any atom is 0.387 e. The van der Waals surface area contributed by atoms with E-state index in [0.717, 1.165) is 0 Å². The first kappa shape index (κ1) is 23.3. The Hall–Kier alpha value is -2.89. The van der Waals surface area contributed by atoms with Crippen molar-refractivity contribution in [1.29, 1.82) is 0 Å². The molecular formula is C21H26F4N6O2. The Labute approximate surface area is 188 Å². The number of hydrogen-bond donors (Lipinski definition) is 1. The van der Waals surface area contributed by atoms with E-state index in [1.54, 1.807) is 6.07 Å². The zero-order chi connectivity index (χ0) is 23.8. The summed E-state index contributed by atoms with van der Waals surface area (Å²) >= 11 is 0. The van der Waals surface area contributed by atoms with Crippen molar-refractivity contribution in [2.45, 2.75) is 51.4 Å². The first-order chi connectivity index (χ1) is 15.6. The number of ether oxygens (including phenoxy) is 2. The molecule has 4 heterocycles. The van der Waals surface area contributed by atoms with Crippen LogP contribution in [0.4, 0.5) is 35.1 Å². The van der Waals surface area contributed by atoms with Crippen molar-refractivity contribution in [1.82, 2.24) is 15.0 Å². The molecule has 2 saturated heterocycles. The first-order valence-electron chi connectivity index (χ1n) is 10.7. The van der Waals surface area contributed by atoms with Gasteiger partial charge in [0.25, 0.3) is 5.92 Å². The van der Waals surface area contributed by atoms with Gasteiger partial charge < -0.3 is 25.0 Å².